The summed E-state index contributed by atoms with van der Waals surface area (Å²) in [7, 11) is 0. The highest BCUT2D eigenvalue weighted by molar-refractivity contribution is 5.94. The molecule has 0 radical (unpaired) electrons. The molecule has 9 heteroatoms. The molecule has 0 aliphatic carbocycles. The molecule has 1 aliphatic heterocycles. The Kier molecular flexibility index (Phi) is 9.35. The van der Waals surface area contributed by atoms with Gasteiger partial charge in [0.2, 0.25) is 5.89 Å². The molecule has 4 rings (SSSR count). The van der Waals surface area contributed by atoms with E-state index in [0.717, 1.165) is 48.3 Å². The quantitative estimate of drug-likeness (QED) is 0.370. The van der Waals surface area contributed by atoms with Crippen LogP contribution >= 0.6 is 0 Å². The average Bonchev–Trinajstić information content (AvgIpc) is 3.30. The molecule has 39 heavy (non-hydrogen) atoms. The molecule has 1 N–H and O–H groups in total. The van der Waals surface area contributed by atoms with E-state index in [2.05, 4.69) is 15.3 Å². The zero-order valence-electron chi connectivity index (χ0n) is 23.2. The molecule has 1 aromatic carbocycles. The maximum atomic E-state index is 12.5. The lowest BCUT2D eigenvalue weighted by molar-refractivity contribution is -0.0117. The van der Waals surface area contributed by atoms with Crippen molar-refractivity contribution in [2.24, 2.45) is 0 Å². The maximum absolute atomic E-state index is 12.5. The summed E-state index contributed by atoms with van der Waals surface area (Å²) >= 11 is 0. The molecule has 2 amide bonds. The first-order valence-electron chi connectivity index (χ1n) is 13.5. The molecule has 0 saturated carbocycles. The highest BCUT2D eigenvalue weighted by Crippen LogP contribution is 2.23. The Balaban J connectivity index is 1.19. The Morgan fingerprint density at radius 2 is 1.87 bits per heavy atom. The Morgan fingerprint density at radius 3 is 2.54 bits per heavy atom. The van der Waals surface area contributed by atoms with Gasteiger partial charge in [0.05, 0.1) is 11.8 Å². The third kappa shape index (κ3) is 8.38. The van der Waals surface area contributed by atoms with E-state index in [0.29, 0.717) is 37.7 Å². The Labute approximate surface area is 229 Å². The fraction of sp³-hybridized carbons (Fsp3) is 0.467. The first-order valence-corrected chi connectivity index (χ1v) is 13.5. The van der Waals surface area contributed by atoms with Gasteiger partial charge in [0.1, 0.15) is 11.4 Å². The second-order valence-electron chi connectivity index (χ2n) is 10.8. The zero-order valence-corrected chi connectivity index (χ0v) is 23.2. The molecule has 1 fully saturated rings. The molecule has 2 aromatic heterocycles. The number of rotatable bonds is 9. The standard InChI is InChI=1S/C30H38N4O5/c1-21-26(8-6-18-37-25-13-16-34(17-14-25)29(36)39-30(2,3)4)33-28(38-21)24-11-9-23(10-12-24)27(35)32-20-22-7-5-15-31-19-22/h5,7,9-12,15,19,25H,6,8,13-14,16-18,20H2,1-4H3,(H,32,35). The lowest BCUT2D eigenvalue weighted by atomic mass is 10.1. The van der Waals surface area contributed by atoms with Crippen LogP contribution in [0.4, 0.5) is 4.79 Å². The Bertz CT molecular complexity index is 1230. The Morgan fingerprint density at radius 1 is 1.13 bits per heavy atom. The highest BCUT2D eigenvalue weighted by Gasteiger charge is 2.27. The van der Waals surface area contributed by atoms with Crippen molar-refractivity contribution < 1.29 is 23.5 Å². The number of oxazole rings is 1. The highest BCUT2D eigenvalue weighted by atomic mass is 16.6. The van der Waals surface area contributed by atoms with Gasteiger partial charge in [-0.05, 0) is 89.3 Å². The Hall–Kier alpha value is -3.72. The number of pyridine rings is 1. The van der Waals surface area contributed by atoms with E-state index in [1.165, 1.54) is 0 Å². The van der Waals surface area contributed by atoms with E-state index in [9.17, 15) is 9.59 Å². The molecular weight excluding hydrogens is 496 g/mol. The molecule has 3 heterocycles. The van der Waals surface area contributed by atoms with Gasteiger partial charge < -0.3 is 24.1 Å². The van der Waals surface area contributed by atoms with Crippen molar-refractivity contribution in [3.63, 3.8) is 0 Å². The van der Waals surface area contributed by atoms with Gasteiger partial charge in [0.25, 0.3) is 5.91 Å². The first kappa shape index (κ1) is 28.3. The van der Waals surface area contributed by atoms with Crippen molar-refractivity contribution in [3.05, 3.63) is 71.4 Å². The summed E-state index contributed by atoms with van der Waals surface area (Å²) in [4.78, 5) is 35.2. The van der Waals surface area contributed by atoms with Crippen molar-refractivity contribution in [3.8, 4) is 11.5 Å². The lowest BCUT2D eigenvalue weighted by Crippen LogP contribution is -2.43. The minimum Gasteiger partial charge on any atom is -0.444 e. The maximum Gasteiger partial charge on any atom is 0.410 e. The number of ether oxygens (including phenoxy) is 2. The molecule has 208 valence electrons. The largest absolute Gasteiger partial charge is 0.444 e. The smallest absolute Gasteiger partial charge is 0.410 e. The van der Waals surface area contributed by atoms with E-state index in [1.807, 2.05) is 52.0 Å². The second-order valence-corrected chi connectivity index (χ2v) is 10.8. The molecular formula is C30H38N4O5. The van der Waals surface area contributed by atoms with Crippen LogP contribution in [-0.2, 0) is 22.4 Å². The number of hydrogen-bond acceptors (Lipinski definition) is 7. The van der Waals surface area contributed by atoms with Crippen molar-refractivity contribution in [2.45, 2.75) is 71.6 Å². The van der Waals surface area contributed by atoms with Crippen molar-refractivity contribution in [1.82, 2.24) is 20.2 Å². The van der Waals surface area contributed by atoms with E-state index in [-0.39, 0.29) is 18.1 Å². The summed E-state index contributed by atoms with van der Waals surface area (Å²) in [6, 6.07) is 11.0. The molecule has 1 aliphatic rings. The number of hydrogen-bond donors (Lipinski definition) is 1. The number of carbonyl (C=O) groups excluding carboxylic acids is 2. The summed E-state index contributed by atoms with van der Waals surface area (Å²) in [5, 5.41) is 2.90. The topological polar surface area (TPSA) is 107 Å². The average molecular weight is 535 g/mol. The van der Waals surface area contributed by atoms with Crippen molar-refractivity contribution >= 4 is 12.0 Å². The van der Waals surface area contributed by atoms with Gasteiger partial charge in [0, 0.05) is 49.8 Å². The summed E-state index contributed by atoms with van der Waals surface area (Å²) in [6.45, 7) is 9.90. The summed E-state index contributed by atoms with van der Waals surface area (Å²) in [6.07, 6.45) is 6.53. The fourth-order valence-electron chi connectivity index (χ4n) is 4.36. The number of benzene rings is 1. The minimum absolute atomic E-state index is 0.148. The number of nitrogens with one attached hydrogen (secondary N) is 1. The molecule has 1 saturated heterocycles. The number of amides is 2. The molecule has 3 aromatic rings. The van der Waals surface area contributed by atoms with Crippen LogP contribution < -0.4 is 5.32 Å². The summed E-state index contributed by atoms with van der Waals surface area (Å²) < 4.78 is 17.4. The third-order valence-corrected chi connectivity index (χ3v) is 6.47. The number of nitrogens with zero attached hydrogens (tertiary/aromatic N) is 3. The fourth-order valence-corrected chi connectivity index (χ4v) is 4.36. The predicted octanol–water partition coefficient (Wildman–Crippen LogP) is 5.32. The van der Waals surface area contributed by atoms with Crippen LogP contribution in [0.2, 0.25) is 0 Å². The van der Waals surface area contributed by atoms with Crippen LogP contribution in [0.3, 0.4) is 0 Å². The monoisotopic (exact) mass is 534 g/mol. The van der Waals surface area contributed by atoms with Crippen LogP contribution in [0, 0.1) is 6.92 Å². The summed E-state index contributed by atoms with van der Waals surface area (Å²) in [5.74, 6) is 1.18. The van der Waals surface area contributed by atoms with Crippen molar-refractivity contribution in [2.75, 3.05) is 19.7 Å². The van der Waals surface area contributed by atoms with Crippen molar-refractivity contribution in [1.29, 1.82) is 0 Å². The minimum atomic E-state index is -0.482. The third-order valence-electron chi connectivity index (χ3n) is 6.47. The van der Waals surface area contributed by atoms with Gasteiger partial charge >= 0.3 is 6.09 Å². The number of likely N-dealkylation sites (tertiary alicyclic amines) is 1. The normalized spacial score (nSPS) is 14.3. The molecule has 0 spiro atoms. The molecule has 0 atom stereocenters. The van der Waals surface area contributed by atoms with Crippen LogP contribution in [0.25, 0.3) is 11.5 Å². The van der Waals surface area contributed by atoms with Gasteiger partial charge in [-0.2, -0.15) is 0 Å². The van der Waals surface area contributed by atoms with E-state index < -0.39 is 5.60 Å². The van der Waals surface area contributed by atoms with Crippen LogP contribution in [-0.4, -0.2) is 58.3 Å². The van der Waals surface area contributed by atoms with Crippen LogP contribution in [0.15, 0.2) is 53.2 Å². The van der Waals surface area contributed by atoms with Gasteiger partial charge in [-0.1, -0.05) is 6.07 Å². The zero-order chi connectivity index (χ0) is 27.8. The van der Waals surface area contributed by atoms with E-state index in [1.54, 1.807) is 29.4 Å². The SMILES string of the molecule is Cc1oc(-c2ccc(C(=O)NCc3cccnc3)cc2)nc1CCCOC1CCN(C(=O)OC(C)(C)C)CC1. The van der Waals surface area contributed by atoms with Gasteiger partial charge in [-0.3, -0.25) is 9.78 Å². The van der Waals surface area contributed by atoms with Crippen LogP contribution in [0.1, 0.15) is 67.4 Å². The number of aryl methyl sites for hydroxylation is 2. The number of carbonyl (C=O) groups is 2. The van der Waals surface area contributed by atoms with E-state index >= 15 is 0 Å². The predicted molar refractivity (Wildman–Crippen MR) is 147 cm³/mol. The van der Waals surface area contributed by atoms with Gasteiger partial charge in [-0.25, -0.2) is 9.78 Å². The van der Waals surface area contributed by atoms with Gasteiger partial charge in [0.15, 0.2) is 0 Å². The lowest BCUT2D eigenvalue weighted by Gasteiger charge is -2.33. The first-order chi connectivity index (χ1) is 18.7. The van der Waals surface area contributed by atoms with E-state index in [4.69, 9.17) is 13.9 Å². The number of aromatic nitrogens is 2. The van der Waals surface area contributed by atoms with Crippen LogP contribution in [0.5, 0.6) is 0 Å². The number of piperidine rings is 1. The molecule has 0 unspecified atom stereocenters. The van der Waals surface area contributed by atoms with Gasteiger partial charge in [-0.15, -0.1) is 0 Å². The molecule has 9 nitrogen and oxygen atoms in total. The second kappa shape index (κ2) is 12.9. The summed E-state index contributed by atoms with van der Waals surface area (Å²) in [5.41, 5.74) is 2.76. The molecule has 0 bridgehead atoms.